The monoisotopic (exact) mass is 1070 g/mol. The molecule has 2 fully saturated rings. The standard InChI is InChI=1S/C52H83N3O16P2/c1-3-5-7-9-11-12-13-14-15-16-17-18-19-20-21-22-23-27-31-35-47(56)65-39-42(68-48(57)36-32-28-24-26-30-34-44-43(69-44)33-29-25-10-8-6-4-2)40-66-72(61,62)71-73(63,64)67-41-45-49(58)50(59)51(70-45)55-38-37-46(53)54-52(55)60/h5,7,11-12,14-15,17-18,20-21,25,29,37-38,42-45,49-51,58-59H,3-4,6,8-10,13,16,19,22-24,26-28,30-36,39-41H2,1-2H3,(H,61,62)(H,63,64)(H2,53,54,60)/b7-5-,12-11-,15-14-,18-17-,21-20-,29-25-/t42-,43?,44?,45-,49-,50-,51-/m1/s1. The van der Waals surface area contributed by atoms with E-state index in [1.54, 1.807) is 0 Å². The number of ether oxygens (including phenoxy) is 4. The Hall–Kier alpha value is -3.84. The maximum absolute atomic E-state index is 12.9. The quantitative estimate of drug-likeness (QED) is 0.0134. The summed E-state index contributed by atoms with van der Waals surface area (Å²) in [5, 5.41) is 20.9. The third kappa shape index (κ3) is 29.2. The Morgan fingerprint density at radius 1 is 0.699 bits per heavy atom. The number of nitrogens with zero attached hydrogens (tertiary/aromatic N) is 2. The maximum Gasteiger partial charge on any atom is 0.481 e. The van der Waals surface area contributed by atoms with Crippen molar-refractivity contribution in [1.29, 1.82) is 0 Å². The minimum atomic E-state index is -5.44. The van der Waals surface area contributed by atoms with Crippen LogP contribution in [0.1, 0.15) is 161 Å². The Bertz CT molecular complexity index is 2080. The van der Waals surface area contributed by atoms with Gasteiger partial charge >= 0.3 is 33.3 Å². The molecule has 412 valence electrons. The summed E-state index contributed by atoms with van der Waals surface area (Å²) >= 11 is 0. The molecule has 0 aromatic carbocycles. The summed E-state index contributed by atoms with van der Waals surface area (Å²) < 4.78 is 62.6. The molecule has 9 atom stereocenters. The molecule has 0 bridgehead atoms. The van der Waals surface area contributed by atoms with Gasteiger partial charge in [0.25, 0.3) is 0 Å². The van der Waals surface area contributed by atoms with Crippen molar-refractivity contribution in [3.8, 4) is 0 Å². The fraction of sp³-hybridized carbons (Fsp3) is 0.654. The molecule has 0 aliphatic carbocycles. The highest BCUT2D eigenvalue weighted by Gasteiger charge is 2.46. The van der Waals surface area contributed by atoms with Crippen LogP contribution in [0.4, 0.5) is 5.82 Å². The summed E-state index contributed by atoms with van der Waals surface area (Å²) in [7, 11) is -10.9. The number of aromatic nitrogens is 2. The van der Waals surface area contributed by atoms with Crippen molar-refractivity contribution in [2.75, 3.05) is 25.6 Å². The van der Waals surface area contributed by atoms with Gasteiger partial charge in [0, 0.05) is 19.0 Å². The Labute approximate surface area is 431 Å². The molecule has 0 spiro atoms. The molecule has 2 saturated heterocycles. The van der Waals surface area contributed by atoms with Gasteiger partial charge in [-0.15, -0.1) is 0 Å². The first-order chi connectivity index (χ1) is 35.1. The number of hydrogen-bond acceptors (Lipinski definition) is 16. The average Bonchev–Trinajstić information content (AvgIpc) is 4.04. The number of rotatable bonds is 41. The first-order valence-electron chi connectivity index (χ1n) is 26.1. The molecule has 19 nitrogen and oxygen atoms in total. The number of phosphoric ester groups is 2. The second kappa shape index (κ2) is 37.0. The Balaban J connectivity index is 1.40. The van der Waals surface area contributed by atoms with E-state index in [2.05, 4.69) is 96.1 Å². The van der Waals surface area contributed by atoms with Crippen molar-refractivity contribution in [3.63, 3.8) is 0 Å². The van der Waals surface area contributed by atoms with Gasteiger partial charge in [-0.25, -0.2) is 13.9 Å². The summed E-state index contributed by atoms with van der Waals surface area (Å²) in [5.41, 5.74) is 4.59. The number of nitrogen functional groups attached to an aromatic ring is 1. The van der Waals surface area contributed by atoms with E-state index < -0.39 is 83.7 Å². The molecule has 6 N–H and O–H groups in total. The van der Waals surface area contributed by atoms with Gasteiger partial charge in [0.05, 0.1) is 25.4 Å². The van der Waals surface area contributed by atoms with Crippen molar-refractivity contribution in [2.45, 2.75) is 198 Å². The first kappa shape index (κ1) is 63.5. The topological polar surface area (TPSA) is 278 Å². The van der Waals surface area contributed by atoms with Gasteiger partial charge in [-0.1, -0.05) is 132 Å². The normalized spacial score (nSPS) is 22.3. The average molecular weight is 1070 g/mol. The summed E-state index contributed by atoms with van der Waals surface area (Å²) in [6.07, 6.45) is 38.5. The van der Waals surface area contributed by atoms with Crippen LogP contribution in [0.2, 0.25) is 0 Å². The molecule has 73 heavy (non-hydrogen) atoms. The maximum atomic E-state index is 12.9. The number of unbranched alkanes of at least 4 members (excludes halogenated alkanes) is 10. The third-order valence-corrected chi connectivity index (χ3v) is 14.3. The van der Waals surface area contributed by atoms with Crippen LogP contribution in [0.5, 0.6) is 0 Å². The van der Waals surface area contributed by atoms with Gasteiger partial charge in [0.15, 0.2) is 12.3 Å². The van der Waals surface area contributed by atoms with Crippen molar-refractivity contribution in [1.82, 2.24) is 9.55 Å². The molecule has 3 rings (SSSR count). The van der Waals surface area contributed by atoms with Crippen LogP contribution >= 0.6 is 15.6 Å². The Morgan fingerprint density at radius 3 is 1.93 bits per heavy atom. The lowest BCUT2D eigenvalue weighted by atomic mass is 10.1. The van der Waals surface area contributed by atoms with Gasteiger partial charge in [-0.05, 0) is 89.5 Å². The van der Waals surface area contributed by atoms with Gasteiger partial charge in [-0.2, -0.15) is 9.29 Å². The molecular weight excluding hydrogens is 985 g/mol. The number of carbonyl (C=O) groups is 2. The van der Waals surface area contributed by atoms with Gasteiger partial charge in [-0.3, -0.25) is 23.2 Å². The van der Waals surface area contributed by atoms with Crippen LogP contribution in [0.3, 0.4) is 0 Å². The predicted molar refractivity (Wildman–Crippen MR) is 279 cm³/mol. The van der Waals surface area contributed by atoms with Crippen LogP contribution in [0.25, 0.3) is 0 Å². The molecule has 0 radical (unpaired) electrons. The number of phosphoric acid groups is 2. The minimum absolute atomic E-state index is 0.0157. The van der Waals surface area contributed by atoms with Gasteiger partial charge < -0.3 is 44.7 Å². The fourth-order valence-electron chi connectivity index (χ4n) is 7.58. The fourth-order valence-corrected chi connectivity index (χ4v) is 9.69. The lowest BCUT2D eigenvalue weighted by Crippen LogP contribution is -2.36. The summed E-state index contributed by atoms with van der Waals surface area (Å²) in [5.74, 6) is -1.37. The highest BCUT2D eigenvalue weighted by atomic mass is 31.3. The smallest absolute Gasteiger partial charge is 0.462 e. The van der Waals surface area contributed by atoms with E-state index in [4.69, 9.17) is 33.7 Å². The van der Waals surface area contributed by atoms with Crippen molar-refractivity contribution >= 4 is 33.4 Å². The first-order valence-corrected chi connectivity index (χ1v) is 29.1. The van der Waals surface area contributed by atoms with Gasteiger partial charge in [0.2, 0.25) is 0 Å². The van der Waals surface area contributed by atoms with Crippen molar-refractivity contribution in [2.24, 2.45) is 0 Å². The second-order valence-electron chi connectivity index (χ2n) is 18.0. The number of carbonyl (C=O) groups excluding carboxylic acids is 2. The van der Waals surface area contributed by atoms with Crippen LogP contribution in [0, 0.1) is 0 Å². The molecule has 1 aromatic rings. The van der Waals surface area contributed by atoms with E-state index in [-0.39, 0.29) is 18.7 Å². The van der Waals surface area contributed by atoms with E-state index in [9.17, 15) is 43.5 Å². The molecule has 3 heterocycles. The predicted octanol–water partition coefficient (Wildman–Crippen LogP) is 9.88. The van der Waals surface area contributed by atoms with E-state index in [1.165, 1.54) is 25.3 Å². The van der Waals surface area contributed by atoms with E-state index in [1.807, 2.05) is 0 Å². The third-order valence-electron chi connectivity index (χ3n) is 11.7. The Kier molecular flexibility index (Phi) is 32.2. The van der Waals surface area contributed by atoms with Crippen LogP contribution in [-0.4, -0.2) is 97.9 Å². The lowest BCUT2D eigenvalue weighted by molar-refractivity contribution is -0.161. The van der Waals surface area contributed by atoms with Gasteiger partial charge in [0.1, 0.15) is 30.7 Å². The largest absolute Gasteiger partial charge is 0.481 e. The number of esters is 2. The highest BCUT2D eigenvalue weighted by molar-refractivity contribution is 7.61. The molecule has 4 unspecified atom stereocenters. The number of nitrogens with two attached hydrogens (primary N) is 1. The molecule has 21 heteroatoms. The van der Waals surface area contributed by atoms with E-state index in [0.29, 0.717) is 25.0 Å². The van der Waals surface area contributed by atoms with E-state index in [0.717, 1.165) is 107 Å². The number of aliphatic hydroxyl groups excluding tert-OH is 2. The molecule has 2 aliphatic rings. The number of hydrogen-bond donors (Lipinski definition) is 5. The Morgan fingerprint density at radius 2 is 1.27 bits per heavy atom. The van der Waals surface area contributed by atoms with Crippen LogP contribution < -0.4 is 11.4 Å². The summed E-state index contributed by atoms with van der Waals surface area (Å²) in [4.78, 5) is 62.0. The zero-order valence-electron chi connectivity index (χ0n) is 42.9. The SMILES string of the molecule is CC/C=C\C/C=C\C/C=C\C/C=C\C/C=C\CCCCCC(=O)OC[C@H](COP(=O)(O)OP(=O)(O)OC[C@H]1O[C@@H](n2ccc(N)nc2=O)[C@H](O)[C@@H]1O)OC(=O)CCCCCCCC1OC1C/C=C\CCCCC. The van der Waals surface area contributed by atoms with Crippen LogP contribution in [-0.2, 0) is 51.0 Å². The van der Waals surface area contributed by atoms with Crippen LogP contribution in [0.15, 0.2) is 90.0 Å². The molecule has 0 saturated carbocycles. The molecule has 1 aromatic heterocycles. The number of allylic oxidation sites excluding steroid dienone is 11. The number of epoxide rings is 1. The molecule has 0 amide bonds. The molecule has 2 aliphatic heterocycles. The minimum Gasteiger partial charge on any atom is -0.462 e. The number of anilines is 1. The van der Waals surface area contributed by atoms with Crippen molar-refractivity contribution < 1.29 is 71.0 Å². The molecular formula is C52H83N3O16P2. The second-order valence-corrected chi connectivity index (χ2v) is 21.1. The van der Waals surface area contributed by atoms with Crippen molar-refractivity contribution in [3.05, 3.63) is 95.7 Å². The zero-order chi connectivity index (χ0) is 53.2. The number of aliphatic hydroxyl groups is 2. The zero-order valence-corrected chi connectivity index (χ0v) is 44.6. The van der Waals surface area contributed by atoms with E-state index >= 15 is 0 Å². The highest BCUT2D eigenvalue weighted by Crippen LogP contribution is 2.60. The summed E-state index contributed by atoms with van der Waals surface area (Å²) in [6, 6.07) is 1.24. The summed E-state index contributed by atoms with van der Waals surface area (Å²) in [6.45, 7) is 1.95. The lowest BCUT2D eigenvalue weighted by Gasteiger charge is -2.21.